The van der Waals surface area contributed by atoms with E-state index in [9.17, 15) is 9.90 Å². The molecule has 1 atom stereocenters. The van der Waals surface area contributed by atoms with Gasteiger partial charge in [-0.1, -0.05) is 0 Å². The Kier molecular flexibility index (Phi) is 4.45. The number of hydrogen-bond acceptors (Lipinski definition) is 4. The van der Waals surface area contributed by atoms with Gasteiger partial charge in [-0.15, -0.1) is 11.6 Å². The van der Waals surface area contributed by atoms with Gasteiger partial charge in [-0.05, 0) is 49.9 Å². The van der Waals surface area contributed by atoms with E-state index in [0.717, 1.165) is 10.9 Å². The Morgan fingerprint density at radius 3 is 2.64 bits per heavy atom. The van der Waals surface area contributed by atoms with Crippen LogP contribution >= 0.6 is 11.6 Å². The molecule has 2 aromatic carbocycles. The molecular weight excluding hydrogens is 342 g/mol. The molecule has 25 heavy (non-hydrogen) atoms. The first kappa shape index (κ1) is 17.7. The SMILES string of the molecule is COc1ccc2c(O)cc3c(c2c1)C(CCl)CN3C(=O)OC(C)(C)C. The van der Waals surface area contributed by atoms with Crippen LogP contribution in [-0.4, -0.2) is 36.3 Å². The summed E-state index contributed by atoms with van der Waals surface area (Å²) in [6.45, 7) is 5.89. The maximum Gasteiger partial charge on any atom is 0.414 e. The van der Waals surface area contributed by atoms with Gasteiger partial charge in [-0.25, -0.2) is 4.79 Å². The highest BCUT2D eigenvalue weighted by Crippen LogP contribution is 2.46. The number of anilines is 1. The molecule has 1 amide bonds. The average Bonchev–Trinajstić information content (AvgIpc) is 2.91. The highest BCUT2D eigenvalue weighted by molar-refractivity contribution is 6.19. The molecule has 1 N–H and O–H groups in total. The monoisotopic (exact) mass is 363 g/mol. The summed E-state index contributed by atoms with van der Waals surface area (Å²) < 4.78 is 10.8. The molecule has 6 heteroatoms. The summed E-state index contributed by atoms with van der Waals surface area (Å²) in [5.74, 6) is 1.12. The van der Waals surface area contributed by atoms with Gasteiger partial charge in [0.1, 0.15) is 17.1 Å². The molecule has 134 valence electrons. The predicted octanol–water partition coefficient (Wildman–Crippen LogP) is 4.63. The van der Waals surface area contributed by atoms with Crippen LogP contribution in [0, 0.1) is 0 Å². The number of fused-ring (bicyclic) bond motifs is 3. The van der Waals surface area contributed by atoms with E-state index in [4.69, 9.17) is 21.1 Å². The molecule has 0 saturated carbocycles. The quantitative estimate of drug-likeness (QED) is 0.790. The summed E-state index contributed by atoms with van der Waals surface area (Å²) in [6, 6.07) is 7.09. The second kappa shape index (κ2) is 6.30. The van der Waals surface area contributed by atoms with Crippen molar-refractivity contribution in [2.24, 2.45) is 0 Å². The Hall–Kier alpha value is -2.14. The van der Waals surface area contributed by atoms with E-state index < -0.39 is 11.7 Å². The minimum absolute atomic E-state index is 0.0422. The summed E-state index contributed by atoms with van der Waals surface area (Å²) in [5.41, 5.74) is 0.976. The van der Waals surface area contributed by atoms with Crippen molar-refractivity contribution in [3.8, 4) is 11.5 Å². The highest BCUT2D eigenvalue weighted by Gasteiger charge is 2.36. The van der Waals surface area contributed by atoms with Crippen molar-refractivity contribution in [2.45, 2.75) is 32.3 Å². The summed E-state index contributed by atoms with van der Waals surface area (Å²) in [5, 5.41) is 12.0. The van der Waals surface area contributed by atoms with Crippen molar-refractivity contribution in [2.75, 3.05) is 24.4 Å². The van der Waals surface area contributed by atoms with Crippen molar-refractivity contribution < 1.29 is 19.4 Å². The third kappa shape index (κ3) is 3.21. The normalized spacial score (nSPS) is 16.8. The molecule has 0 spiro atoms. The molecule has 5 nitrogen and oxygen atoms in total. The zero-order valence-electron chi connectivity index (χ0n) is 14.8. The number of methoxy groups -OCH3 is 1. The first-order valence-electron chi connectivity index (χ1n) is 8.15. The third-order valence-electron chi connectivity index (χ3n) is 4.24. The lowest BCUT2D eigenvalue weighted by atomic mass is 9.95. The van der Waals surface area contributed by atoms with E-state index in [0.29, 0.717) is 29.2 Å². The minimum atomic E-state index is -0.599. The molecule has 0 bridgehead atoms. The van der Waals surface area contributed by atoms with Crippen LogP contribution in [0.3, 0.4) is 0 Å². The molecule has 2 aromatic rings. The molecule has 1 unspecified atom stereocenters. The minimum Gasteiger partial charge on any atom is -0.507 e. The van der Waals surface area contributed by atoms with E-state index in [-0.39, 0.29) is 11.7 Å². The molecule has 0 aromatic heterocycles. The van der Waals surface area contributed by atoms with Crippen LogP contribution in [0.5, 0.6) is 11.5 Å². The van der Waals surface area contributed by atoms with Gasteiger partial charge in [0, 0.05) is 29.8 Å². The van der Waals surface area contributed by atoms with Crippen molar-refractivity contribution in [1.29, 1.82) is 0 Å². The Labute approximate surface area is 152 Å². The molecule has 3 rings (SSSR count). The lowest BCUT2D eigenvalue weighted by Crippen LogP contribution is -2.36. The van der Waals surface area contributed by atoms with Gasteiger partial charge in [0.05, 0.1) is 12.8 Å². The van der Waals surface area contributed by atoms with Crippen LogP contribution in [0.15, 0.2) is 24.3 Å². The maximum atomic E-state index is 12.6. The first-order chi connectivity index (χ1) is 11.7. The number of alkyl halides is 1. The molecule has 1 heterocycles. The number of phenolic OH excluding ortho intramolecular Hbond substituents is 1. The molecule has 1 aliphatic rings. The van der Waals surface area contributed by atoms with Crippen LogP contribution in [0.4, 0.5) is 10.5 Å². The molecule has 0 radical (unpaired) electrons. The largest absolute Gasteiger partial charge is 0.507 e. The Morgan fingerprint density at radius 1 is 1.32 bits per heavy atom. The van der Waals surface area contributed by atoms with Crippen molar-refractivity contribution in [1.82, 2.24) is 0 Å². The molecule has 1 aliphatic heterocycles. The smallest absolute Gasteiger partial charge is 0.414 e. The number of hydrogen-bond donors (Lipinski definition) is 1. The van der Waals surface area contributed by atoms with Gasteiger partial charge in [0.15, 0.2) is 0 Å². The fourth-order valence-corrected chi connectivity index (χ4v) is 3.45. The van der Waals surface area contributed by atoms with E-state index in [1.54, 1.807) is 24.1 Å². The first-order valence-corrected chi connectivity index (χ1v) is 8.68. The third-order valence-corrected chi connectivity index (χ3v) is 4.62. The van der Waals surface area contributed by atoms with Crippen LogP contribution in [0.1, 0.15) is 32.3 Å². The summed E-state index contributed by atoms with van der Waals surface area (Å²) in [7, 11) is 1.59. The number of ether oxygens (including phenoxy) is 2. The highest BCUT2D eigenvalue weighted by atomic mass is 35.5. The number of carbonyl (C=O) groups excluding carboxylic acids is 1. The predicted molar refractivity (Wildman–Crippen MR) is 99.2 cm³/mol. The van der Waals surface area contributed by atoms with Crippen LogP contribution in [0.25, 0.3) is 10.8 Å². The average molecular weight is 364 g/mol. The lowest BCUT2D eigenvalue weighted by Gasteiger charge is -2.25. The summed E-state index contributed by atoms with van der Waals surface area (Å²) >= 11 is 6.18. The standard InChI is InChI=1S/C19H22ClNO4/c1-19(2,3)25-18(23)21-10-11(9-20)17-14-7-12(24-4)5-6-13(14)16(22)8-15(17)21/h5-8,11,22H,9-10H2,1-4H3. The Bertz CT molecular complexity index is 828. The van der Waals surface area contributed by atoms with Crippen LogP contribution < -0.4 is 9.64 Å². The number of aromatic hydroxyl groups is 1. The van der Waals surface area contributed by atoms with Gasteiger partial charge >= 0.3 is 6.09 Å². The number of halogens is 1. The van der Waals surface area contributed by atoms with Crippen LogP contribution in [-0.2, 0) is 4.74 Å². The number of phenols is 1. The van der Waals surface area contributed by atoms with E-state index in [1.165, 1.54) is 0 Å². The fourth-order valence-electron chi connectivity index (χ4n) is 3.20. The van der Waals surface area contributed by atoms with E-state index in [1.807, 2.05) is 32.9 Å². The summed E-state index contributed by atoms with van der Waals surface area (Å²) in [4.78, 5) is 14.2. The maximum absolute atomic E-state index is 12.6. The lowest BCUT2D eigenvalue weighted by molar-refractivity contribution is 0.0582. The van der Waals surface area contributed by atoms with Gasteiger partial charge in [0.2, 0.25) is 0 Å². The van der Waals surface area contributed by atoms with E-state index >= 15 is 0 Å². The molecule has 0 aliphatic carbocycles. The zero-order valence-corrected chi connectivity index (χ0v) is 15.6. The van der Waals surface area contributed by atoms with E-state index in [2.05, 4.69) is 0 Å². The molecule has 0 saturated heterocycles. The van der Waals surface area contributed by atoms with Crippen LogP contribution in [0.2, 0.25) is 0 Å². The number of nitrogens with zero attached hydrogens (tertiary/aromatic N) is 1. The molecule has 0 fully saturated rings. The fraction of sp³-hybridized carbons (Fsp3) is 0.421. The number of amides is 1. The Balaban J connectivity index is 2.16. The topological polar surface area (TPSA) is 59.0 Å². The van der Waals surface area contributed by atoms with Gasteiger partial charge < -0.3 is 14.6 Å². The second-order valence-corrected chi connectivity index (χ2v) is 7.49. The van der Waals surface area contributed by atoms with Gasteiger partial charge in [-0.3, -0.25) is 4.90 Å². The van der Waals surface area contributed by atoms with Crippen molar-refractivity contribution in [3.05, 3.63) is 29.8 Å². The number of carbonyl (C=O) groups is 1. The second-order valence-electron chi connectivity index (χ2n) is 7.18. The van der Waals surface area contributed by atoms with Gasteiger partial charge in [0.25, 0.3) is 0 Å². The van der Waals surface area contributed by atoms with Crippen molar-refractivity contribution >= 4 is 34.2 Å². The molecular formula is C19H22ClNO4. The number of rotatable bonds is 2. The Morgan fingerprint density at radius 2 is 2.04 bits per heavy atom. The zero-order chi connectivity index (χ0) is 18.4. The van der Waals surface area contributed by atoms with Crippen molar-refractivity contribution in [3.63, 3.8) is 0 Å². The summed E-state index contributed by atoms with van der Waals surface area (Å²) in [6.07, 6.45) is -0.442. The van der Waals surface area contributed by atoms with Gasteiger partial charge in [-0.2, -0.15) is 0 Å². The number of benzene rings is 2.